The Morgan fingerprint density at radius 3 is 2.31 bits per heavy atom. The number of nitrogens with zero attached hydrogens (tertiary/aromatic N) is 2. The number of rotatable bonds is 11. The Morgan fingerprint density at radius 2 is 1.60 bits per heavy atom. The van der Waals surface area contributed by atoms with E-state index < -0.39 is 6.29 Å². The summed E-state index contributed by atoms with van der Waals surface area (Å²) in [6, 6.07) is 38.8. The number of amides is 1. The highest BCUT2D eigenvalue weighted by molar-refractivity contribution is 5.93. The fourth-order valence-electron chi connectivity index (χ4n) is 6.23. The van der Waals surface area contributed by atoms with E-state index in [-0.39, 0.29) is 36.7 Å². The molecule has 48 heavy (non-hydrogen) atoms. The summed E-state index contributed by atoms with van der Waals surface area (Å²) in [7, 11) is 2.15. The van der Waals surface area contributed by atoms with E-state index in [2.05, 4.69) is 109 Å². The lowest BCUT2D eigenvalue weighted by atomic mass is 9.89. The molecule has 0 radical (unpaired) electrons. The molecule has 6 rings (SSSR count). The van der Waals surface area contributed by atoms with Gasteiger partial charge < -0.3 is 19.9 Å². The first kappa shape index (κ1) is 33.2. The van der Waals surface area contributed by atoms with Crippen molar-refractivity contribution >= 4 is 5.91 Å². The molecule has 0 unspecified atom stereocenters. The minimum Gasteiger partial charge on any atom is -0.392 e. The SMILES string of the molecule is C[C@@H]1[C@H](CN(C)[C@@H](C)c2ccccc2)O[C@H](c2ccc(-c3cccc(CNC(=O)c4cccnc4)c3)cc2)O[C@@H]1c1ccc(CO)cc1. The number of aliphatic hydroxyl groups is 1. The van der Waals surface area contributed by atoms with Crippen molar-refractivity contribution in [3.8, 4) is 11.1 Å². The van der Waals surface area contributed by atoms with Gasteiger partial charge >= 0.3 is 0 Å². The minimum atomic E-state index is -0.544. The third kappa shape index (κ3) is 7.89. The first-order valence-electron chi connectivity index (χ1n) is 16.5. The lowest BCUT2D eigenvalue weighted by Gasteiger charge is -2.43. The van der Waals surface area contributed by atoms with Crippen LogP contribution in [0.25, 0.3) is 11.1 Å². The van der Waals surface area contributed by atoms with Crippen LogP contribution in [-0.4, -0.2) is 40.6 Å². The molecule has 1 saturated heterocycles. The summed E-state index contributed by atoms with van der Waals surface area (Å²) in [5.41, 5.74) is 7.83. The van der Waals surface area contributed by atoms with E-state index in [1.54, 1.807) is 24.5 Å². The topological polar surface area (TPSA) is 83.9 Å². The van der Waals surface area contributed by atoms with E-state index in [1.165, 1.54) is 5.56 Å². The number of likely N-dealkylation sites (N-methyl/N-ethyl adjacent to an activating group) is 1. The van der Waals surface area contributed by atoms with Crippen LogP contribution in [0.3, 0.4) is 0 Å². The smallest absolute Gasteiger partial charge is 0.253 e. The second-order valence-electron chi connectivity index (χ2n) is 12.6. The maximum absolute atomic E-state index is 12.5. The maximum atomic E-state index is 12.5. The highest BCUT2D eigenvalue weighted by Gasteiger charge is 2.39. The van der Waals surface area contributed by atoms with Crippen molar-refractivity contribution in [2.45, 2.75) is 51.5 Å². The van der Waals surface area contributed by atoms with Gasteiger partial charge in [-0.1, -0.05) is 104 Å². The molecule has 1 aromatic heterocycles. The van der Waals surface area contributed by atoms with Crippen molar-refractivity contribution in [1.82, 2.24) is 15.2 Å². The fraction of sp³-hybridized carbons (Fsp3) is 0.268. The van der Waals surface area contributed by atoms with Crippen molar-refractivity contribution < 1.29 is 19.4 Å². The van der Waals surface area contributed by atoms with Crippen LogP contribution in [0.15, 0.2) is 128 Å². The molecule has 5 atom stereocenters. The standard InChI is InChI=1S/C41H43N3O4/c1-28-38(26-44(3)29(2)32-10-5-4-6-11-32)47-41(48-39(28)34-16-14-30(27-45)15-17-34)35-20-18-33(19-21-35)36-12-7-9-31(23-36)24-43-40(46)37-13-8-22-42-25-37/h4-23,25,28-29,38-39,41,45H,24,26-27H2,1-3H3,(H,43,46)/t28-,29+,38+,39+,41+/m1/s1. The lowest BCUT2D eigenvalue weighted by molar-refractivity contribution is -0.276. The summed E-state index contributed by atoms with van der Waals surface area (Å²) < 4.78 is 13.5. The molecule has 2 N–H and O–H groups in total. The summed E-state index contributed by atoms with van der Waals surface area (Å²) in [4.78, 5) is 18.9. The molecule has 7 nitrogen and oxygen atoms in total. The molecule has 0 aliphatic carbocycles. The number of nitrogens with one attached hydrogen (secondary N) is 1. The van der Waals surface area contributed by atoms with Crippen molar-refractivity contribution in [3.63, 3.8) is 0 Å². The van der Waals surface area contributed by atoms with E-state index in [9.17, 15) is 9.90 Å². The number of carbonyl (C=O) groups is 1. The number of pyridine rings is 1. The molecule has 246 valence electrons. The molecular weight excluding hydrogens is 598 g/mol. The molecule has 1 fully saturated rings. The third-order valence-corrected chi connectivity index (χ3v) is 9.35. The number of carbonyl (C=O) groups excluding carboxylic acids is 1. The molecule has 4 aromatic carbocycles. The summed E-state index contributed by atoms with van der Waals surface area (Å²) >= 11 is 0. The predicted octanol–water partition coefficient (Wildman–Crippen LogP) is 7.66. The number of benzene rings is 4. The van der Waals surface area contributed by atoms with Crippen LogP contribution >= 0.6 is 0 Å². The van der Waals surface area contributed by atoms with Gasteiger partial charge in [0.25, 0.3) is 5.91 Å². The van der Waals surface area contributed by atoms with Gasteiger partial charge in [0.1, 0.15) is 0 Å². The van der Waals surface area contributed by atoms with Gasteiger partial charge in [-0.05, 0) is 65.6 Å². The van der Waals surface area contributed by atoms with E-state index in [0.29, 0.717) is 12.1 Å². The Balaban J connectivity index is 1.19. The Labute approximate surface area is 283 Å². The van der Waals surface area contributed by atoms with Crippen molar-refractivity contribution in [2.24, 2.45) is 5.92 Å². The van der Waals surface area contributed by atoms with Crippen LogP contribution in [0.5, 0.6) is 0 Å². The summed E-state index contributed by atoms with van der Waals surface area (Å²) in [5.74, 6) is -0.0615. The Bertz CT molecular complexity index is 1760. The molecule has 0 saturated carbocycles. The largest absolute Gasteiger partial charge is 0.392 e. The molecule has 5 aromatic rings. The zero-order valence-electron chi connectivity index (χ0n) is 27.7. The summed E-state index contributed by atoms with van der Waals surface area (Å²) in [6.45, 7) is 5.59. The van der Waals surface area contributed by atoms with E-state index in [1.807, 2.05) is 30.3 Å². The monoisotopic (exact) mass is 641 g/mol. The number of hydrogen-bond acceptors (Lipinski definition) is 6. The molecule has 7 heteroatoms. The van der Waals surface area contributed by atoms with Gasteiger partial charge in [0.05, 0.1) is 24.4 Å². The Hall–Kier alpha value is -4.66. The van der Waals surface area contributed by atoms with Crippen LogP contribution in [-0.2, 0) is 22.6 Å². The highest BCUT2D eigenvalue weighted by Crippen LogP contribution is 2.42. The lowest BCUT2D eigenvalue weighted by Crippen LogP contribution is -2.44. The van der Waals surface area contributed by atoms with Crippen molar-refractivity contribution in [3.05, 3.63) is 161 Å². The molecule has 1 aliphatic heterocycles. The third-order valence-electron chi connectivity index (χ3n) is 9.35. The molecule has 1 amide bonds. The molecule has 2 heterocycles. The second-order valence-corrected chi connectivity index (χ2v) is 12.6. The van der Waals surface area contributed by atoms with Gasteiger partial charge in [-0.3, -0.25) is 14.7 Å². The number of aromatic nitrogens is 1. The van der Waals surface area contributed by atoms with Crippen molar-refractivity contribution in [2.75, 3.05) is 13.6 Å². The van der Waals surface area contributed by atoms with Crippen molar-refractivity contribution in [1.29, 1.82) is 0 Å². The normalized spacial score (nSPS) is 19.9. The maximum Gasteiger partial charge on any atom is 0.253 e. The van der Waals surface area contributed by atoms with Gasteiger partial charge in [0, 0.05) is 43.0 Å². The van der Waals surface area contributed by atoms with Crippen LogP contribution in [0.2, 0.25) is 0 Å². The van der Waals surface area contributed by atoms with E-state index in [0.717, 1.165) is 39.9 Å². The van der Waals surface area contributed by atoms with Gasteiger partial charge in [-0.25, -0.2) is 0 Å². The van der Waals surface area contributed by atoms with Crippen LogP contribution in [0, 0.1) is 5.92 Å². The Morgan fingerprint density at radius 1 is 0.854 bits per heavy atom. The molecule has 0 bridgehead atoms. The van der Waals surface area contributed by atoms with Crippen LogP contribution in [0.4, 0.5) is 0 Å². The number of hydrogen-bond donors (Lipinski definition) is 2. The van der Waals surface area contributed by atoms with Gasteiger partial charge in [-0.15, -0.1) is 0 Å². The summed E-state index contributed by atoms with van der Waals surface area (Å²) in [6.07, 6.45) is 2.41. The van der Waals surface area contributed by atoms with Crippen LogP contribution in [0.1, 0.15) is 70.5 Å². The fourth-order valence-corrected chi connectivity index (χ4v) is 6.23. The number of aliphatic hydroxyl groups excluding tert-OH is 1. The van der Waals surface area contributed by atoms with Gasteiger partial charge in [0.2, 0.25) is 0 Å². The number of ether oxygens (including phenoxy) is 2. The second kappa shape index (κ2) is 15.5. The summed E-state index contributed by atoms with van der Waals surface area (Å²) in [5, 5.41) is 12.6. The average molecular weight is 642 g/mol. The van der Waals surface area contributed by atoms with Gasteiger partial charge in [0.15, 0.2) is 6.29 Å². The molecule has 0 spiro atoms. The highest BCUT2D eigenvalue weighted by atomic mass is 16.7. The zero-order valence-corrected chi connectivity index (χ0v) is 27.7. The zero-order chi connectivity index (χ0) is 33.5. The first-order valence-corrected chi connectivity index (χ1v) is 16.5. The predicted molar refractivity (Wildman–Crippen MR) is 188 cm³/mol. The quantitative estimate of drug-likeness (QED) is 0.154. The van der Waals surface area contributed by atoms with E-state index in [4.69, 9.17) is 9.47 Å². The first-order chi connectivity index (χ1) is 23.4. The molecule has 1 aliphatic rings. The minimum absolute atomic E-state index is 0.00713. The van der Waals surface area contributed by atoms with Gasteiger partial charge in [-0.2, -0.15) is 0 Å². The average Bonchev–Trinajstić information content (AvgIpc) is 3.15. The van der Waals surface area contributed by atoms with E-state index >= 15 is 0 Å². The molecular formula is C41H43N3O4. The Kier molecular flexibility index (Phi) is 10.7. The van der Waals surface area contributed by atoms with Crippen LogP contribution < -0.4 is 5.32 Å².